The van der Waals surface area contributed by atoms with Gasteiger partial charge in [0.1, 0.15) is 5.75 Å². The summed E-state index contributed by atoms with van der Waals surface area (Å²) in [5.41, 5.74) is 8.20. The number of anilines is 1. The van der Waals surface area contributed by atoms with Crippen LogP contribution in [0.5, 0.6) is 5.75 Å². The van der Waals surface area contributed by atoms with Gasteiger partial charge in [-0.05, 0) is 36.6 Å². The third-order valence-electron chi connectivity index (χ3n) is 4.21. The van der Waals surface area contributed by atoms with Gasteiger partial charge in [-0.3, -0.25) is 9.45 Å². The molecular formula is C17H23F3N3O5S-. The Bertz CT molecular complexity index is 815. The lowest BCUT2D eigenvalue weighted by molar-refractivity contribution is -0.274. The van der Waals surface area contributed by atoms with Gasteiger partial charge in [-0.15, -0.1) is 19.2 Å². The molecule has 12 heteroatoms. The summed E-state index contributed by atoms with van der Waals surface area (Å²) in [5.74, 6) is -0.456. The number of ether oxygens (including phenoxy) is 1. The second kappa shape index (κ2) is 8.76. The number of hydrogen-bond acceptors (Lipinski definition) is 4. The molecule has 164 valence electrons. The molecule has 2 atom stereocenters. The van der Waals surface area contributed by atoms with Crippen LogP contribution in [-0.4, -0.2) is 61.2 Å². The molecule has 0 spiro atoms. The van der Waals surface area contributed by atoms with Gasteiger partial charge in [-0.25, -0.2) is 4.79 Å². The number of halogens is 3. The monoisotopic (exact) mass is 438 g/mol. The van der Waals surface area contributed by atoms with Crippen LogP contribution in [0.2, 0.25) is 0 Å². The molecule has 2 saturated heterocycles. The highest BCUT2D eigenvalue weighted by molar-refractivity contribution is 7.85. The van der Waals surface area contributed by atoms with Gasteiger partial charge in [-0.1, -0.05) is 13.8 Å². The maximum absolute atomic E-state index is 12.2. The largest absolute Gasteiger partial charge is 0.673 e. The summed E-state index contributed by atoms with van der Waals surface area (Å²) in [4.78, 5) is 15.4. The number of urea groups is 1. The van der Waals surface area contributed by atoms with Crippen molar-refractivity contribution in [3.05, 3.63) is 30.0 Å². The molecule has 2 N–H and O–H groups in total. The number of carbonyl (C=O) groups excluding carboxylic acids is 1. The smallest absolute Gasteiger partial charge is 0.573 e. The molecule has 0 aliphatic carbocycles. The van der Waals surface area contributed by atoms with Gasteiger partial charge in [0, 0.05) is 18.8 Å². The zero-order valence-corrected chi connectivity index (χ0v) is 16.7. The van der Waals surface area contributed by atoms with Gasteiger partial charge in [0.15, 0.2) is 0 Å². The fraction of sp³-hybridized carbons (Fsp3) is 0.588. The Morgan fingerprint density at radius 2 is 1.83 bits per heavy atom. The molecule has 2 heterocycles. The van der Waals surface area contributed by atoms with Gasteiger partial charge >= 0.3 is 12.4 Å². The number of hydrogen-bond donors (Lipinski definition) is 1. The van der Waals surface area contributed by atoms with E-state index >= 15 is 0 Å². The highest BCUT2D eigenvalue weighted by atomic mass is 32.2. The van der Waals surface area contributed by atoms with E-state index in [0.717, 1.165) is 0 Å². The molecule has 1 aromatic rings. The number of alkyl halides is 3. The molecule has 2 amide bonds. The fourth-order valence-electron chi connectivity index (χ4n) is 3.23. The molecule has 0 saturated carbocycles. The summed E-state index contributed by atoms with van der Waals surface area (Å²) in [6, 6.07) is 4.81. The van der Waals surface area contributed by atoms with Gasteiger partial charge in [-0.2, -0.15) is 8.42 Å². The first-order valence-electron chi connectivity index (χ1n) is 8.85. The maximum atomic E-state index is 12.2. The van der Waals surface area contributed by atoms with Crippen molar-refractivity contribution in [3.63, 3.8) is 0 Å². The van der Waals surface area contributed by atoms with Crippen molar-refractivity contribution < 1.29 is 35.7 Å². The Balaban J connectivity index is 0.000000321. The zero-order valence-electron chi connectivity index (χ0n) is 15.9. The highest BCUT2D eigenvalue weighted by Crippen LogP contribution is 2.32. The second-order valence-electron chi connectivity index (χ2n) is 7.32. The third-order valence-corrected chi connectivity index (χ3v) is 5.30. The summed E-state index contributed by atoms with van der Waals surface area (Å²) in [6.45, 7) is 4.34. The number of rotatable bonds is 4. The van der Waals surface area contributed by atoms with Crippen molar-refractivity contribution in [2.24, 2.45) is 5.92 Å². The van der Waals surface area contributed by atoms with Crippen molar-refractivity contribution in [1.29, 1.82) is 0 Å². The van der Waals surface area contributed by atoms with Gasteiger partial charge < -0.3 is 15.4 Å². The quantitative estimate of drug-likeness (QED) is 0.723. The molecule has 2 aliphatic heterocycles. The van der Waals surface area contributed by atoms with E-state index in [1.165, 1.54) is 29.2 Å². The van der Waals surface area contributed by atoms with Crippen LogP contribution in [0.4, 0.5) is 23.7 Å². The summed E-state index contributed by atoms with van der Waals surface area (Å²) in [6.07, 6.45) is -4.09. The van der Waals surface area contributed by atoms with Crippen molar-refractivity contribution in [2.75, 3.05) is 23.7 Å². The maximum Gasteiger partial charge on any atom is 0.573 e. The summed E-state index contributed by atoms with van der Waals surface area (Å²) in [5, 5.41) is 0. The standard InChI is InChI=1S/C13H13F3N3O2.C4H10O3S/c14-13(15,16)21-11-3-1-9(2-4-11)19-7-10-5-8(17)6-18(10)12(19)20;1-4(2)3-8(5,6)7/h1-4,8,10,17H,5-7H2;4H,3H2,1-2H3,(H,5,6,7)/q-1;/t8-,10+;/m1./s1. The van der Waals surface area contributed by atoms with E-state index in [-0.39, 0.29) is 35.5 Å². The number of nitrogens with zero attached hydrogens (tertiary/aromatic N) is 2. The van der Waals surface area contributed by atoms with Gasteiger partial charge in [0.25, 0.3) is 10.1 Å². The highest BCUT2D eigenvalue weighted by Gasteiger charge is 2.41. The van der Waals surface area contributed by atoms with Gasteiger partial charge in [0.05, 0.1) is 11.8 Å². The molecule has 2 aliphatic rings. The first-order chi connectivity index (χ1) is 13.2. The van der Waals surface area contributed by atoms with Crippen LogP contribution in [0, 0.1) is 5.92 Å². The Labute approximate surface area is 167 Å². The molecule has 3 rings (SSSR count). The van der Waals surface area contributed by atoms with E-state index < -0.39 is 16.5 Å². The van der Waals surface area contributed by atoms with Crippen LogP contribution < -0.4 is 9.64 Å². The molecule has 29 heavy (non-hydrogen) atoms. The van der Waals surface area contributed by atoms with Crippen molar-refractivity contribution in [2.45, 2.75) is 38.7 Å². The zero-order chi connectivity index (χ0) is 22.0. The van der Waals surface area contributed by atoms with Crippen LogP contribution >= 0.6 is 0 Å². The molecule has 1 aromatic carbocycles. The van der Waals surface area contributed by atoms with E-state index in [1.807, 2.05) is 0 Å². The molecular weight excluding hydrogens is 415 g/mol. The lowest BCUT2D eigenvalue weighted by Crippen LogP contribution is -2.33. The summed E-state index contributed by atoms with van der Waals surface area (Å²) >= 11 is 0. The Kier molecular flexibility index (Phi) is 7.01. The number of nitrogens with one attached hydrogen (secondary N) is 1. The first-order valence-corrected chi connectivity index (χ1v) is 10.5. The lowest BCUT2D eigenvalue weighted by Gasteiger charge is -2.20. The number of amides is 2. The third kappa shape index (κ3) is 7.05. The second-order valence-corrected chi connectivity index (χ2v) is 8.81. The number of carbonyl (C=O) groups is 1. The SMILES string of the molecule is CC(C)CS(=O)(=O)O.[NH-][C@@H]1C[C@H]2CN(c3ccc(OC(F)(F)F)cc3)C(=O)N2C1. The Morgan fingerprint density at radius 3 is 2.24 bits per heavy atom. The average molecular weight is 438 g/mol. The van der Waals surface area contributed by atoms with Crippen LogP contribution in [-0.2, 0) is 10.1 Å². The average Bonchev–Trinajstić information content (AvgIpc) is 3.03. The summed E-state index contributed by atoms with van der Waals surface area (Å²) < 4.78 is 68.2. The predicted molar refractivity (Wildman–Crippen MR) is 100 cm³/mol. The normalized spacial score (nSPS) is 21.9. The minimum atomic E-state index is -4.73. The molecule has 8 nitrogen and oxygen atoms in total. The predicted octanol–water partition coefficient (Wildman–Crippen LogP) is 3.55. The molecule has 0 aromatic heterocycles. The van der Waals surface area contributed by atoms with E-state index in [0.29, 0.717) is 25.2 Å². The van der Waals surface area contributed by atoms with Crippen LogP contribution in [0.25, 0.3) is 5.73 Å². The number of benzene rings is 1. The lowest BCUT2D eigenvalue weighted by atomic mass is 10.2. The summed E-state index contributed by atoms with van der Waals surface area (Å²) in [7, 11) is -3.72. The molecule has 0 radical (unpaired) electrons. The molecule has 0 bridgehead atoms. The van der Waals surface area contributed by atoms with E-state index in [2.05, 4.69) is 4.74 Å². The number of fused-ring (bicyclic) bond motifs is 1. The molecule has 2 fully saturated rings. The van der Waals surface area contributed by atoms with Crippen LogP contribution in [0.15, 0.2) is 24.3 Å². The van der Waals surface area contributed by atoms with Crippen LogP contribution in [0.3, 0.4) is 0 Å². The van der Waals surface area contributed by atoms with Gasteiger partial charge in [0.2, 0.25) is 0 Å². The van der Waals surface area contributed by atoms with Crippen molar-refractivity contribution in [1.82, 2.24) is 4.90 Å². The Morgan fingerprint density at radius 1 is 1.24 bits per heavy atom. The van der Waals surface area contributed by atoms with E-state index in [1.54, 1.807) is 18.7 Å². The van der Waals surface area contributed by atoms with E-state index in [4.69, 9.17) is 10.3 Å². The Hall–Kier alpha value is -2.05. The minimum absolute atomic E-state index is 0.00463. The van der Waals surface area contributed by atoms with Crippen molar-refractivity contribution >= 4 is 21.8 Å². The molecule has 0 unspecified atom stereocenters. The topological polar surface area (TPSA) is 111 Å². The fourth-order valence-corrected chi connectivity index (χ4v) is 4.08. The van der Waals surface area contributed by atoms with Crippen LogP contribution in [0.1, 0.15) is 20.3 Å². The first kappa shape index (κ1) is 23.2. The van der Waals surface area contributed by atoms with E-state index in [9.17, 15) is 26.4 Å². The van der Waals surface area contributed by atoms with Crippen molar-refractivity contribution in [3.8, 4) is 5.75 Å². The minimum Gasteiger partial charge on any atom is -0.673 e.